The number of carbonyl (C=O) groups is 2. The van der Waals surface area contributed by atoms with E-state index in [1.807, 2.05) is 0 Å². The molecule has 1 aromatic carbocycles. The number of aromatic amines is 1. The van der Waals surface area contributed by atoms with E-state index in [0.717, 1.165) is 5.56 Å². The molecule has 0 aliphatic carbocycles. The highest BCUT2D eigenvalue weighted by atomic mass is 16.5. The minimum atomic E-state index is -1.23. The average Bonchev–Trinajstić information content (AvgIpc) is 3.00. The molecule has 1 heterocycles. The van der Waals surface area contributed by atoms with Gasteiger partial charge in [-0.2, -0.15) is 5.10 Å². The number of ether oxygens (including phenoxy) is 2. The zero-order valence-electron chi connectivity index (χ0n) is 12.5. The van der Waals surface area contributed by atoms with Crippen LogP contribution in [0.4, 0.5) is 5.69 Å². The number of hydrogen-bond acceptors (Lipinski definition) is 5. The van der Waals surface area contributed by atoms with Gasteiger partial charge < -0.3 is 19.9 Å². The number of aromatic nitrogens is 2. The molecule has 0 saturated heterocycles. The smallest absolute Gasteiger partial charge is 0.358 e. The van der Waals surface area contributed by atoms with Gasteiger partial charge in [-0.3, -0.25) is 9.89 Å². The highest BCUT2D eigenvalue weighted by molar-refractivity contribution is 6.05. The molecule has 0 spiro atoms. The molecule has 2 rings (SSSR count). The topological polar surface area (TPSA) is 114 Å². The fourth-order valence-corrected chi connectivity index (χ4v) is 1.85. The van der Waals surface area contributed by atoms with Crippen molar-refractivity contribution in [2.75, 3.05) is 19.5 Å². The lowest BCUT2D eigenvalue weighted by molar-refractivity contribution is -0.111. The number of anilines is 1. The Morgan fingerprint density at radius 3 is 2.65 bits per heavy atom. The Hall–Kier alpha value is -3.29. The molecule has 0 saturated carbocycles. The first-order valence-electron chi connectivity index (χ1n) is 6.53. The summed E-state index contributed by atoms with van der Waals surface area (Å²) in [6.45, 7) is 0. The predicted molar refractivity (Wildman–Crippen MR) is 82.8 cm³/mol. The Balaban J connectivity index is 2.09. The number of benzene rings is 1. The zero-order valence-corrected chi connectivity index (χ0v) is 12.5. The number of H-pyrrole nitrogens is 1. The van der Waals surface area contributed by atoms with Crippen LogP contribution in [0.2, 0.25) is 0 Å². The lowest BCUT2D eigenvalue weighted by Gasteiger charge is -2.07. The van der Waals surface area contributed by atoms with Gasteiger partial charge in [0, 0.05) is 12.3 Å². The third kappa shape index (κ3) is 3.88. The standard InChI is InChI=1S/C15H15N3O5/c1-22-11-5-3-9(7-12(11)23-2)4-6-13(19)17-10-8-16-18-14(10)15(20)21/h3-8H,1-2H3,(H,16,18)(H,17,19)(H,20,21)/b6-4+. The van der Waals surface area contributed by atoms with Gasteiger partial charge >= 0.3 is 5.97 Å². The van der Waals surface area contributed by atoms with E-state index >= 15 is 0 Å². The summed E-state index contributed by atoms with van der Waals surface area (Å²) in [6, 6.07) is 5.18. The number of rotatable bonds is 6. The Bertz CT molecular complexity index is 751. The maximum Gasteiger partial charge on any atom is 0.358 e. The van der Waals surface area contributed by atoms with Gasteiger partial charge in [0.05, 0.1) is 19.9 Å². The van der Waals surface area contributed by atoms with E-state index in [-0.39, 0.29) is 11.4 Å². The van der Waals surface area contributed by atoms with Crippen LogP contribution < -0.4 is 14.8 Å². The Kier molecular flexibility index (Phi) is 4.98. The number of amides is 1. The van der Waals surface area contributed by atoms with Gasteiger partial charge in [-0.1, -0.05) is 6.07 Å². The maximum absolute atomic E-state index is 11.8. The van der Waals surface area contributed by atoms with Crippen molar-refractivity contribution in [1.82, 2.24) is 10.2 Å². The first-order valence-corrected chi connectivity index (χ1v) is 6.53. The summed E-state index contributed by atoms with van der Waals surface area (Å²) in [5, 5.41) is 17.3. The van der Waals surface area contributed by atoms with Crippen molar-refractivity contribution < 1.29 is 24.2 Å². The number of hydrogen-bond donors (Lipinski definition) is 3. The summed E-state index contributed by atoms with van der Waals surface area (Å²) in [6.07, 6.45) is 4.14. The van der Waals surface area contributed by atoms with Gasteiger partial charge in [0.1, 0.15) is 0 Å². The van der Waals surface area contributed by atoms with Crippen LogP contribution in [-0.2, 0) is 4.79 Å². The fourth-order valence-electron chi connectivity index (χ4n) is 1.85. The van der Waals surface area contributed by atoms with E-state index in [1.54, 1.807) is 24.3 Å². The number of carboxylic acid groups (broad SMARTS) is 1. The molecular weight excluding hydrogens is 302 g/mol. The molecule has 23 heavy (non-hydrogen) atoms. The summed E-state index contributed by atoms with van der Waals surface area (Å²) in [5.74, 6) is -0.592. The molecule has 0 radical (unpaired) electrons. The molecule has 2 aromatic rings. The number of nitrogens with one attached hydrogen (secondary N) is 2. The van der Waals surface area contributed by atoms with E-state index in [4.69, 9.17) is 14.6 Å². The SMILES string of the molecule is COc1ccc(/C=C/C(=O)Nc2c[nH]nc2C(=O)O)cc1OC. The molecule has 1 aromatic heterocycles. The van der Waals surface area contributed by atoms with Crippen molar-refractivity contribution in [2.45, 2.75) is 0 Å². The van der Waals surface area contributed by atoms with Crippen LogP contribution in [0.3, 0.4) is 0 Å². The van der Waals surface area contributed by atoms with Crippen LogP contribution >= 0.6 is 0 Å². The van der Waals surface area contributed by atoms with Gasteiger partial charge in [0.15, 0.2) is 17.2 Å². The van der Waals surface area contributed by atoms with Crippen molar-refractivity contribution in [3.8, 4) is 11.5 Å². The third-order valence-corrected chi connectivity index (χ3v) is 2.94. The summed E-state index contributed by atoms with van der Waals surface area (Å²) in [4.78, 5) is 22.7. The maximum atomic E-state index is 11.8. The molecule has 0 bridgehead atoms. The quantitative estimate of drug-likeness (QED) is 0.700. The summed E-state index contributed by atoms with van der Waals surface area (Å²) >= 11 is 0. The molecule has 3 N–H and O–H groups in total. The van der Waals surface area contributed by atoms with Crippen LogP contribution in [0.1, 0.15) is 16.1 Å². The number of carboxylic acids is 1. The normalized spacial score (nSPS) is 10.5. The molecule has 8 nitrogen and oxygen atoms in total. The van der Waals surface area contributed by atoms with Crippen molar-refractivity contribution >= 4 is 23.6 Å². The number of methoxy groups -OCH3 is 2. The van der Waals surface area contributed by atoms with Crippen LogP contribution in [-0.4, -0.2) is 41.4 Å². The van der Waals surface area contributed by atoms with Gasteiger partial charge in [-0.05, 0) is 23.8 Å². The Labute approximate surface area is 131 Å². The summed E-state index contributed by atoms with van der Waals surface area (Å²) < 4.78 is 10.3. The average molecular weight is 317 g/mol. The van der Waals surface area contributed by atoms with E-state index in [1.165, 1.54) is 26.5 Å². The van der Waals surface area contributed by atoms with Crippen LogP contribution in [0.15, 0.2) is 30.5 Å². The Morgan fingerprint density at radius 1 is 1.26 bits per heavy atom. The summed E-state index contributed by atoms with van der Waals surface area (Å²) in [5.41, 5.74) is 0.570. The van der Waals surface area contributed by atoms with Crippen molar-refractivity contribution in [3.63, 3.8) is 0 Å². The van der Waals surface area contributed by atoms with Crippen molar-refractivity contribution in [2.24, 2.45) is 0 Å². The van der Waals surface area contributed by atoms with Crippen molar-refractivity contribution in [1.29, 1.82) is 0 Å². The van der Waals surface area contributed by atoms with Crippen molar-refractivity contribution in [3.05, 3.63) is 41.7 Å². The van der Waals surface area contributed by atoms with Crippen LogP contribution in [0, 0.1) is 0 Å². The number of carbonyl (C=O) groups excluding carboxylic acids is 1. The lowest BCUT2D eigenvalue weighted by Crippen LogP contribution is -2.11. The predicted octanol–water partition coefficient (Wildman–Crippen LogP) is 1.78. The fraction of sp³-hybridized carbons (Fsp3) is 0.133. The molecule has 8 heteroatoms. The molecule has 0 unspecified atom stereocenters. The zero-order chi connectivity index (χ0) is 16.8. The highest BCUT2D eigenvalue weighted by Crippen LogP contribution is 2.27. The molecular formula is C15H15N3O5. The molecule has 0 aliphatic rings. The third-order valence-electron chi connectivity index (χ3n) is 2.94. The first-order chi connectivity index (χ1) is 11.0. The minimum Gasteiger partial charge on any atom is -0.493 e. The van der Waals surface area contributed by atoms with E-state index < -0.39 is 11.9 Å². The van der Waals surface area contributed by atoms with E-state index in [9.17, 15) is 9.59 Å². The summed E-state index contributed by atoms with van der Waals surface area (Å²) in [7, 11) is 3.05. The molecule has 120 valence electrons. The van der Waals surface area contributed by atoms with Gasteiger partial charge in [-0.15, -0.1) is 0 Å². The van der Waals surface area contributed by atoms with E-state index in [2.05, 4.69) is 15.5 Å². The second kappa shape index (κ2) is 7.12. The Morgan fingerprint density at radius 2 is 2.00 bits per heavy atom. The van der Waals surface area contributed by atoms with E-state index in [0.29, 0.717) is 11.5 Å². The second-order valence-electron chi connectivity index (χ2n) is 4.39. The highest BCUT2D eigenvalue weighted by Gasteiger charge is 2.14. The van der Waals surface area contributed by atoms with Gasteiger partial charge in [0.25, 0.3) is 0 Å². The largest absolute Gasteiger partial charge is 0.493 e. The molecule has 0 aliphatic heterocycles. The van der Waals surface area contributed by atoms with Gasteiger partial charge in [0.2, 0.25) is 5.91 Å². The number of nitrogens with zero attached hydrogens (tertiary/aromatic N) is 1. The monoisotopic (exact) mass is 317 g/mol. The molecule has 1 amide bonds. The molecule has 0 fully saturated rings. The second-order valence-corrected chi connectivity index (χ2v) is 4.39. The lowest BCUT2D eigenvalue weighted by atomic mass is 10.2. The minimum absolute atomic E-state index is 0.0967. The van der Waals surface area contributed by atoms with Gasteiger partial charge in [-0.25, -0.2) is 4.79 Å². The number of aromatic carboxylic acids is 1. The van der Waals surface area contributed by atoms with Crippen LogP contribution in [0.25, 0.3) is 6.08 Å². The molecule has 0 atom stereocenters. The van der Waals surface area contributed by atoms with Crippen LogP contribution in [0.5, 0.6) is 11.5 Å². The first kappa shape index (κ1) is 16.1.